The van der Waals surface area contributed by atoms with Crippen LogP contribution in [0.5, 0.6) is 0 Å². The molecule has 0 aliphatic heterocycles. The number of para-hydroxylation sites is 1. The van der Waals surface area contributed by atoms with E-state index in [1.807, 2.05) is 0 Å². The molecule has 0 amide bonds. The van der Waals surface area contributed by atoms with Crippen molar-refractivity contribution in [3.8, 4) is 0 Å². The largest absolute Gasteiger partial charge is 0.362 e. The van der Waals surface area contributed by atoms with Crippen molar-refractivity contribution in [2.75, 3.05) is 11.9 Å². The second-order valence-electron chi connectivity index (χ2n) is 3.33. The summed E-state index contributed by atoms with van der Waals surface area (Å²) in [6, 6.07) is 5.33. The van der Waals surface area contributed by atoms with E-state index in [4.69, 9.17) is 35.4 Å². The summed E-state index contributed by atoms with van der Waals surface area (Å²) < 4.78 is 0. The molecule has 1 aromatic rings. The zero-order valence-corrected chi connectivity index (χ0v) is 11.3. The summed E-state index contributed by atoms with van der Waals surface area (Å²) in [6.45, 7) is 2.98. The number of unbranched alkanes of at least 4 members (excludes halogenated alkanes) is 1. The molecule has 1 rings (SSSR count). The van der Waals surface area contributed by atoms with Gasteiger partial charge in [-0.15, -0.1) is 0 Å². The van der Waals surface area contributed by atoms with Crippen molar-refractivity contribution >= 4 is 46.2 Å². The molecule has 0 spiro atoms. The Morgan fingerprint density at radius 2 is 1.94 bits per heavy atom. The fraction of sp³-hybridized carbons (Fsp3) is 0.364. The van der Waals surface area contributed by atoms with Gasteiger partial charge in [-0.1, -0.05) is 42.6 Å². The molecule has 0 heterocycles. The van der Waals surface area contributed by atoms with Gasteiger partial charge in [0.25, 0.3) is 0 Å². The van der Waals surface area contributed by atoms with Crippen LogP contribution in [0.3, 0.4) is 0 Å². The number of thiocarbonyl (C=S) groups is 1. The molecule has 5 heteroatoms. The fourth-order valence-electron chi connectivity index (χ4n) is 1.15. The Labute approximate surface area is 111 Å². The SMILES string of the molecule is CCCCNC(=S)Nc1c(Cl)cccc1Cl. The van der Waals surface area contributed by atoms with E-state index in [2.05, 4.69) is 17.6 Å². The molecule has 0 atom stereocenters. The van der Waals surface area contributed by atoms with E-state index < -0.39 is 0 Å². The van der Waals surface area contributed by atoms with E-state index in [0.29, 0.717) is 20.8 Å². The van der Waals surface area contributed by atoms with Crippen molar-refractivity contribution < 1.29 is 0 Å². The molecule has 1 aromatic carbocycles. The van der Waals surface area contributed by atoms with Crippen molar-refractivity contribution in [1.29, 1.82) is 0 Å². The molecule has 0 saturated carbocycles. The van der Waals surface area contributed by atoms with Gasteiger partial charge in [0.1, 0.15) is 0 Å². The number of rotatable bonds is 4. The molecule has 88 valence electrons. The van der Waals surface area contributed by atoms with Gasteiger partial charge in [0.2, 0.25) is 0 Å². The monoisotopic (exact) mass is 276 g/mol. The van der Waals surface area contributed by atoms with Crippen LogP contribution in [0.15, 0.2) is 18.2 Å². The van der Waals surface area contributed by atoms with Crippen LogP contribution in [0.2, 0.25) is 10.0 Å². The maximum absolute atomic E-state index is 6.00. The summed E-state index contributed by atoms with van der Waals surface area (Å²) in [4.78, 5) is 0. The van der Waals surface area contributed by atoms with Gasteiger partial charge in [0, 0.05) is 6.54 Å². The Hall–Kier alpha value is -0.510. The first-order chi connectivity index (χ1) is 7.65. The van der Waals surface area contributed by atoms with Crippen molar-refractivity contribution in [2.24, 2.45) is 0 Å². The van der Waals surface area contributed by atoms with Crippen LogP contribution in [0.4, 0.5) is 5.69 Å². The molecule has 2 N–H and O–H groups in total. The van der Waals surface area contributed by atoms with Crippen molar-refractivity contribution in [1.82, 2.24) is 5.32 Å². The number of hydrogen-bond acceptors (Lipinski definition) is 1. The molecule has 2 nitrogen and oxygen atoms in total. The van der Waals surface area contributed by atoms with E-state index >= 15 is 0 Å². The number of benzene rings is 1. The molecule has 0 saturated heterocycles. The first-order valence-electron chi connectivity index (χ1n) is 5.14. The van der Waals surface area contributed by atoms with Crippen LogP contribution in [0.25, 0.3) is 0 Å². The lowest BCUT2D eigenvalue weighted by Gasteiger charge is -2.12. The molecule has 0 fully saturated rings. The second-order valence-corrected chi connectivity index (χ2v) is 4.55. The van der Waals surface area contributed by atoms with Crippen LogP contribution in [0, 0.1) is 0 Å². The lowest BCUT2D eigenvalue weighted by atomic mass is 10.3. The average molecular weight is 277 g/mol. The van der Waals surface area contributed by atoms with Crippen LogP contribution in [-0.2, 0) is 0 Å². The number of hydrogen-bond donors (Lipinski definition) is 2. The number of anilines is 1. The third kappa shape index (κ3) is 4.16. The predicted octanol–water partition coefficient (Wildman–Crippen LogP) is 4.08. The summed E-state index contributed by atoms with van der Waals surface area (Å²) in [5.74, 6) is 0. The molecule has 0 radical (unpaired) electrons. The zero-order chi connectivity index (χ0) is 12.0. The molecular formula is C11H14Cl2N2S. The maximum Gasteiger partial charge on any atom is 0.170 e. The normalized spacial score (nSPS) is 9.94. The van der Waals surface area contributed by atoms with E-state index in [0.717, 1.165) is 19.4 Å². The van der Waals surface area contributed by atoms with Gasteiger partial charge in [-0.05, 0) is 30.8 Å². The van der Waals surface area contributed by atoms with Crippen molar-refractivity contribution in [3.05, 3.63) is 28.2 Å². The van der Waals surface area contributed by atoms with E-state index in [9.17, 15) is 0 Å². The minimum Gasteiger partial charge on any atom is -0.362 e. The molecule has 0 aromatic heterocycles. The van der Waals surface area contributed by atoms with Crippen LogP contribution >= 0.6 is 35.4 Å². The van der Waals surface area contributed by atoms with Crippen LogP contribution in [0.1, 0.15) is 19.8 Å². The average Bonchev–Trinajstić information content (AvgIpc) is 2.24. The molecular weight excluding hydrogens is 263 g/mol. The Bertz CT molecular complexity index is 349. The highest BCUT2D eigenvalue weighted by atomic mass is 35.5. The van der Waals surface area contributed by atoms with Gasteiger partial charge in [0.15, 0.2) is 5.11 Å². The Balaban J connectivity index is 2.56. The predicted molar refractivity (Wildman–Crippen MR) is 75.6 cm³/mol. The van der Waals surface area contributed by atoms with Gasteiger partial charge in [-0.3, -0.25) is 0 Å². The molecule has 0 bridgehead atoms. The van der Waals surface area contributed by atoms with Gasteiger partial charge in [-0.25, -0.2) is 0 Å². The minimum atomic E-state index is 0.545. The van der Waals surface area contributed by atoms with Crippen LogP contribution < -0.4 is 10.6 Å². The van der Waals surface area contributed by atoms with E-state index in [-0.39, 0.29) is 0 Å². The Morgan fingerprint density at radius 1 is 1.31 bits per heavy atom. The molecule has 0 aliphatic carbocycles. The maximum atomic E-state index is 6.00. The zero-order valence-electron chi connectivity index (χ0n) is 9.02. The van der Waals surface area contributed by atoms with Crippen molar-refractivity contribution in [2.45, 2.75) is 19.8 Å². The number of nitrogens with one attached hydrogen (secondary N) is 2. The first kappa shape index (κ1) is 13.6. The second kappa shape index (κ2) is 6.94. The Kier molecular flexibility index (Phi) is 5.88. The van der Waals surface area contributed by atoms with Gasteiger partial charge >= 0.3 is 0 Å². The Morgan fingerprint density at radius 3 is 2.50 bits per heavy atom. The summed E-state index contributed by atoms with van der Waals surface area (Å²) in [6.07, 6.45) is 2.21. The summed E-state index contributed by atoms with van der Waals surface area (Å²) in [5, 5.41) is 7.75. The lowest BCUT2D eigenvalue weighted by Crippen LogP contribution is -2.29. The van der Waals surface area contributed by atoms with Gasteiger partial charge in [-0.2, -0.15) is 0 Å². The quantitative estimate of drug-likeness (QED) is 0.640. The van der Waals surface area contributed by atoms with Crippen LogP contribution in [-0.4, -0.2) is 11.7 Å². The van der Waals surface area contributed by atoms with Gasteiger partial charge < -0.3 is 10.6 Å². The fourth-order valence-corrected chi connectivity index (χ4v) is 1.85. The summed E-state index contributed by atoms with van der Waals surface area (Å²) >= 11 is 17.1. The molecule has 0 unspecified atom stereocenters. The van der Waals surface area contributed by atoms with E-state index in [1.165, 1.54) is 0 Å². The lowest BCUT2D eigenvalue weighted by molar-refractivity contribution is 0.758. The highest BCUT2D eigenvalue weighted by Crippen LogP contribution is 2.29. The summed E-state index contributed by atoms with van der Waals surface area (Å²) in [5.41, 5.74) is 0.653. The highest BCUT2D eigenvalue weighted by Gasteiger charge is 2.06. The summed E-state index contributed by atoms with van der Waals surface area (Å²) in [7, 11) is 0. The third-order valence-corrected chi connectivity index (χ3v) is 2.89. The minimum absolute atomic E-state index is 0.545. The number of halogens is 2. The van der Waals surface area contributed by atoms with E-state index in [1.54, 1.807) is 18.2 Å². The smallest absolute Gasteiger partial charge is 0.170 e. The standard InChI is InChI=1S/C11H14Cl2N2S/c1-2-3-7-14-11(16)15-10-8(12)5-4-6-9(10)13/h4-6H,2-3,7H2,1H3,(H2,14,15,16). The highest BCUT2D eigenvalue weighted by molar-refractivity contribution is 7.80. The van der Waals surface area contributed by atoms with Gasteiger partial charge in [0.05, 0.1) is 15.7 Å². The van der Waals surface area contributed by atoms with Crippen molar-refractivity contribution in [3.63, 3.8) is 0 Å². The molecule has 16 heavy (non-hydrogen) atoms. The third-order valence-electron chi connectivity index (χ3n) is 2.02. The topological polar surface area (TPSA) is 24.1 Å². The molecule has 0 aliphatic rings. The first-order valence-corrected chi connectivity index (χ1v) is 6.30.